The summed E-state index contributed by atoms with van der Waals surface area (Å²) in [6.07, 6.45) is 9.23. The summed E-state index contributed by atoms with van der Waals surface area (Å²) >= 11 is 6.53. The van der Waals surface area contributed by atoms with Crippen molar-refractivity contribution >= 4 is 22.8 Å². The zero-order chi connectivity index (χ0) is 13.8. The predicted molar refractivity (Wildman–Crippen MR) is 86.1 cm³/mol. The van der Waals surface area contributed by atoms with Crippen molar-refractivity contribution < 1.29 is 0 Å². The van der Waals surface area contributed by atoms with Crippen molar-refractivity contribution in [2.24, 2.45) is 5.10 Å². The smallest absolute Gasteiger partial charge is 0.0529 e. The standard InChI is InChI=1S/C17H21ClN2/c18-17-15(10-9-14-7-3-4-8-16(14)17)13-19-20-11-5-1-2-6-12-20/h3-4,7-8,13H,1-2,5-6,9-12H2/b19-13+. The first-order valence-electron chi connectivity index (χ1n) is 7.60. The van der Waals surface area contributed by atoms with E-state index in [1.54, 1.807) is 0 Å². The van der Waals surface area contributed by atoms with Crippen LogP contribution in [-0.2, 0) is 6.42 Å². The average Bonchev–Trinajstić information content (AvgIpc) is 2.76. The van der Waals surface area contributed by atoms with E-state index in [-0.39, 0.29) is 0 Å². The van der Waals surface area contributed by atoms with Crippen molar-refractivity contribution in [3.05, 3.63) is 41.0 Å². The van der Waals surface area contributed by atoms with E-state index in [0.29, 0.717) is 0 Å². The molecule has 2 aliphatic rings. The van der Waals surface area contributed by atoms with Gasteiger partial charge >= 0.3 is 0 Å². The summed E-state index contributed by atoms with van der Waals surface area (Å²) in [4.78, 5) is 0. The van der Waals surface area contributed by atoms with Gasteiger partial charge in [0.05, 0.1) is 11.2 Å². The molecule has 1 fully saturated rings. The van der Waals surface area contributed by atoms with Crippen LogP contribution in [0.25, 0.3) is 5.03 Å². The lowest BCUT2D eigenvalue weighted by atomic mass is 9.92. The van der Waals surface area contributed by atoms with Gasteiger partial charge in [-0.1, -0.05) is 48.7 Å². The van der Waals surface area contributed by atoms with Gasteiger partial charge in [-0.15, -0.1) is 0 Å². The van der Waals surface area contributed by atoms with Crippen LogP contribution < -0.4 is 0 Å². The van der Waals surface area contributed by atoms with Crippen LogP contribution in [-0.4, -0.2) is 24.3 Å². The maximum atomic E-state index is 6.53. The fraction of sp³-hybridized carbons (Fsp3) is 0.471. The first kappa shape index (κ1) is 13.7. The molecule has 0 spiro atoms. The number of halogens is 1. The lowest BCUT2D eigenvalue weighted by molar-refractivity contribution is 0.302. The minimum absolute atomic E-state index is 0.880. The third kappa shape index (κ3) is 3.06. The molecule has 106 valence electrons. The second-order valence-corrected chi connectivity index (χ2v) is 5.99. The third-order valence-electron chi connectivity index (χ3n) is 4.16. The molecule has 0 amide bonds. The van der Waals surface area contributed by atoms with Gasteiger partial charge in [-0.25, -0.2) is 0 Å². The molecule has 0 N–H and O–H groups in total. The van der Waals surface area contributed by atoms with Crippen LogP contribution in [0.4, 0.5) is 0 Å². The van der Waals surface area contributed by atoms with E-state index in [2.05, 4.69) is 34.4 Å². The molecule has 0 atom stereocenters. The molecule has 0 unspecified atom stereocenters. The Morgan fingerprint density at radius 3 is 2.55 bits per heavy atom. The Morgan fingerprint density at radius 1 is 1.00 bits per heavy atom. The highest BCUT2D eigenvalue weighted by atomic mass is 35.5. The number of rotatable bonds is 2. The molecule has 3 heteroatoms. The van der Waals surface area contributed by atoms with E-state index in [1.807, 2.05) is 6.21 Å². The molecule has 1 aliphatic carbocycles. The zero-order valence-electron chi connectivity index (χ0n) is 11.8. The van der Waals surface area contributed by atoms with Crippen LogP contribution in [0.3, 0.4) is 0 Å². The Hall–Kier alpha value is -1.28. The Bertz CT molecular complexity index is 526. The number of aryl methyl sites for hydroxylation is 1. The summed E-state index contributed by atoms with van der Waals surface area (Å²) in [5.41, 5.74) is 3.71. The summed E-state index contributed by atoms with van der Waals surface area (Å²) in [5.74, 6) is 0. The van der Waals surface area contributed by atoms with Crippen LogP contribution in [0.1, 0.15) is 43.2 Å². The summed E-state index contributed by atoms with van der Waals surface area (Å²) in [5, 5.41) is 7.74. The second-order valence-electron chi connectivity index (χ2n) is 5.61. The van der Waals surface area contributed by atoms with Crippen molar-refractivity contribution in [2.45, 2.75) is 38.5 Å². The first-order chi connectivity index (χ1) is 9.84. The number of benzene rings is 1. The summed E-state index contributed by atoms with van der Waals surface area (Å²) < 4.78 is 0. The molecular formula is C17H21ClN2. The molecule has 1 aromatic rings. The van der Waals surface area contributed by atoms with Gasteiger partial charge < -0.3 is 0 Å². The number of hydrazone groups is 1. The SMILES string of the molecule is ClC1=C(/C=N/N2CCCCCC2)CCc2ccccc21. The van der Waals surface area contributed by atoms with Crippen LogP contribution in [0, 0.1) is 0 Å². The molecule has 0 bridgehead atoms. The van der Waals surface area contributed by atoms with Gasteiger partial charge in [0.25, 0.3) is 0 Å². The summed E-state index contributed by atoms with van der Waals surface area (Å²) in [6.45, 7) is 2.16. The van der Waals surface area contributed by atoms with E-state index in [1.165, 1.54) is 42.4 Å². The Kier molecular flexibility index (Phi) is 4.41. The fourth-order valence-electron chi connectivity index (χ4n) is 2.95. The largest absolute Gasteiger partial charge is 0.297 e. The van der Waals surface area contributed by atoms with Crippen molar-refractivity contribution in [1.29, 1.82) is 0 Å². The lowest BCUT2D eigenvalue weighted by Crippen LogP contribution is -2.18. The van der Waals surface area contributed by atoms with Gasteiger partial charge in [0, 0.05) is 13.1 Å². The zero-order valence-corrected chi connectivity index (χ0v) is 12.6. The molecule has 1 saturated heterocycles. The summed E-state index contributed by atoms with van der Waals surface area (Å²) in [7, 11) is 0. The Morgan fingerprint density at radius 2 is 1.75 bits per heavy atom. The monoisotopic (exact) mass is 288 g/mol. The van der Waals surface area contributed by atoms with Crippen LogP contribution in [0.15, 0.2) is 34.9 Å². The Balaban J connectivity index is 1.77. The number of hydrogen-bond acceptors (Lipinski definition) is 2. The number of nitrogens with zero attached hydrogens (tertiary/aromatic N) is 2. The van der Waals surface area contributed by atoms with Crippen LogP contribution in [0.2, 0.25) is 0 Å². The fourth-order valence-corrected chi connectivity index (χ4v) is 3.27. The highest BCUT2D eigenvalue weighted by Gasteiger charge is 2.16. The molecule has 3 rings (SSSR count). The predicted octanol–water partition coefficient (Wildman–Crippen LogP) is 4.44. The van der Waals surface area contributed by atoms with Crippen LogP contribution >= 0.6 is 11.6 Å². The van der Waals surface area contributed by atoms with Crippen molar-refractivity contribution in [3.8, 4) is 0 Å². The van der Waals surface area contributed by atoms with Gasteiger partial charge in [-0.3, -0.25) is 5.01 Å². The van der Waals surface area contributed by atoms with Crippen LogP contribution in [0.5, 0.6) is 0 Å². The molecule has 1 heterocycles. The number of hydrogen-bond donors (Lipinski definition) is 0. The molecule has 2 nitrogen and oxygen atoms in total. The van der Waals surface area contributed by atoms with Crippen molar-refractivity contribution in [3.63, 3.8) is 0 Å². The molecule has 0 saturated carbocycles. The maximum Gasteiger partial charge on any atom is 0.0529 e. The molecule has 0 aromatic heterocycles. The van der Waals surface area contributed by atoms with Crippen molar-refractivity contribution in [2.75, 3.05) is 13.1 Å². The van der Waals surface area contributed by atoms with Gasteiger partial charge in [0.1, 0.15) is 0 Å². The maximum absolute atomic E-state index is 6.53. The van der Waals surface area contributed by atoms with E-state index in [9.17, 15) is 0 Å². The molecule has 1 aliphatic heterocycles. The topological polar surface area (TPSA) is 15.6 Å². The molecule has 1 aromatic carbocycles. The number of allylic oxidation sites excluding steroid dienone is 1. The molecule has 20 heavy (non-hydrogen) atoms. The molecular weight excluding hydrogens is 268 g/mol. The van der Waals surface area contributed by atoms with E-state index >= 15 is 0 Å². The molecule has 0 radical (unpaired) electrons. The van der Waals surface area contributed by atoms with Crippen molar-refractivity contribution in [1.82, 2.24) is 5.01 Å². The quantitative estimate of drug-likeness (QED) is 0.734. The van der Waals surface area contributed by atoms with Gasteiger partial charge in [0.2, 0.25) is 0 Å². The number of fused-ring (bicyclic) bond motifs is 1. The van der Waals surface area contributed by atoms with Gasteiger partial charge in [0.15, 0.2) is 0 Å². The lowest BCUT2D eigenvalue weighted by Gasteiger charge is -2.19. The van der Waals surface area contributed by atoms with E-state index in [4.69, 9.17) is 11.6 Å². The van der Waals surface area contributed by atoms with E-state index < -0.39 is 0 Å². The minimum atomic E-state index is 0.880. The second kappa shape index (κ2) is 6.45. The minimum Gasteiger partial charge on any atom is -0.297 e. The normalized spacial score (nSPS) is 20.1. The van der Waals surface area contributed by atoms with E-state index in [0.717, 1.165) is 31.0 Å². The van der Waals surface area contributed by atoms with Gasteiger partial charge in [-0.05, 0) is 42.4 Å². The average molecular weight is 289 g/mol. The first-order valence-corrected chi connectivity index (χ1v) is 7.98. The highest BCUT2D eigenvalue weighted by Crippen LogP contribution is 2.33. The van der Waals surface area contributed by atoms with Gasteiger partial charge in [-0.2, -0.15) is 5.10 Å². The third-order valence-corrected chi connectivity index (χ3v) is 4.61. The summed E-state index contributed by atoms with van der Waals surface area (Å²) in [6, 6.07) is 8.41. The highest BCUT2D eigenvalue weighted by molar-refractivity contribution is 6.50. The Labute approximate surface area is 126 Å².